The molecule has 1 heterocycles. The van der Waals surface area contributed by atoms with Crippen LogP contribution in [0.4, 0.5) is 0 Å². The van der Waals surface area contributed by atoms with Crippen molar-refractivity contribution in [3.63, 3.8) is 0 Å². The van der Waals surface area contributed by atoms with Crippen LogP contribution in [0, 0.1) is 0 Å². The Bertz CT molecular complexity index is 278. The lowest BCUT2D eigenvalue weighted by atomic mass is 10.1. The van der Waals surface area contributed by atoms with Gasteiger partial charge in [-0.25, -0.2) is 4.79 Å². The molecule has 0 spiro atoms. The largest absolute Gasteiger partial charge is 0.465 e. The van der Waals surface area contributed by atoms with Gasteiger partial charge < -0.3 is 9.64 Å². The minimum absolute atomic E-state index is 0.138. The maximum Gasteiger partial charge on any atom is 0.342 e. The molecule has 0 atom stereocenters. The van der Waals surface area contributed by atoms with E-state index in [1.807, 2.05) is 4.90 Å². The molecule has 0 radical (unpaired) electrons. The van der Waals surface area contributed by atoms with Gasteiger partial charge in [0.2, 0.25) is 0 Å². The Morgan fingerprint density at radius 1 is 1.20 bits per heavy atom. The highest BCUT2D eigenvalue weighted by Gasteiger charge is 2.17. The quantitative estimate of drug-likeness (QED) is 0.304. The zero-order valence-electron chi connectivity index (χ0n) is 9.28. The average molecular weight is 211 g/mol. The van der Waals surface area contributed by atoms with Crippen LogP contribution in [0.25, 0.3) is 0 Å². The van der Waals surface area contributed by atoms with Crippen molar-refractivity contribution in [2.75, 3.05) is 20.2 Å². The summed E-state index contributed by atoms with van der Waals surface area (Å²) in [6.45, 7) is 3.20. The number of rotatable bonds is 3. The SMILES string of the molecule is COC(=O)C(=CN1CCCCC1)C(C)=O. The monoisotopic (exact) mass is 211 g/mol. The third-order valence-corrected chi connectivity index (χ3v) is 2.49. The van der Waals surface area contributed by atoms with Crippen molar-refractivity contribution in [3.8, 4) is 0 Å². The molecular weight excluding hydrogens is 194 g/mol. The lowest BCUT2D eigenvalue weighted by Gasteiger charge is -2.25. The molecule has 1 fully saturated rings. The van der Waals surface area contributed by atoms with Crippen LogP contribution in [-0.2, 0) is 14.3 Å². The number of ether oxygens (including phenoxy) is 1. The van der Waals surface area contributed by atoms with Crippen LogP contribution in [-0.4, -0.2) is 36.9 Å². The number of nitrogens with zero attached hydrogens (tertiary/aromatic N) is 1. The Morgan fingerprint density at radius 3 is 2.27 bits per heavy atom. The number of hydrogen-bond acceptors (Lipinski definition) is 4. The number of piperidine rings is 1. The summed E-state index contributed by atoms with van der Waals surface area (Å²) >= 11 is 0. The zero-order valence-corrected chi connectivity index (χ0v) is 9.28. The molecule has 1 aliphatic heterocycles. The standard InChI is InChI=1S/C11H17NO3/c1-9(13)10(11(14)15-2)8-12-6-4-3-5-7-12/h8H,3-7H2,1-2H3. The van der Waals surface area contributed by atoms with Gasteiger partial charge in [0.25, 0.3) is 0 Å². The third-order valence-electron chi connectivity index (χ3n) is 2.49. The predicted octanol–water partition coefficient (Wildman–Crippen LogP) is 1.12. The first-order valence-corrected chi connectivity index (χ1v) is 5.20. The van der Waals surface area contributed by atoms with Gasteiger partial charge in [0.1, 0.15) is 5.57 Å². The fourth-order valence-corrected chi connectivity index (χ4v) is 1.63. The maximum absolute atomic E-state index is 11.3. The second-order valence-corrected chi connectivity index (χ2v) is 3.69. The van der Waals surface area contributed by atoms with E-state index in [-0.39, 0.29) is 11.4 Å². The van der Waals surface area contributed by atoms with E-state index in [2.05, 4.69) is 4.74 Å². The Kier molecular flexibility index (Phi) is 4.34. The Hall–Kier alpha value is -1.32. The summed E-state index contributed by atoms with van der Waals surface area (Å²) in [6, 6.07) is 0. The van der Waals surface area contributed by atoms with Gasteiger partial charge in [0, 0.05) is 19.3 Å². The number of Topliss-reactive ketones (excluding diaryl/α,β-unsaturated/α-hetero) is 1. The molecule has 1 rings (SSSR count). The number of likely N-dealkylation sites (tertiary alicyclic amines) is 1. The summed E-state index contributed by atoms with van der Waals surface area (Å²) in [5.74, 6) is -0.791. The van der Waals surface area contributed by atoms with Crippen molar-refractivity contribution in [3.05, 3.63) is 11.8 Å². The average Bonchev–Trinajstić information content (AvgIpc) is 2.26. The number of methoxy groups -OCH3 is 1. The molecule has 4 heteroatoms. The van der Waals surface area contributed by atoms with Gasteiger partial charge >= 0.3 is 5.97 Å². The van der Waals surface area contributed by atoms with E-state index in [9.17, 15) is 9.59 Å². The van der Waals surface area contributed by atoms with Crippen LogP contribution in [0.1, 0.15) is 26.2 Å². The van der Waals surface area contributed by atoms with Gasteiger partial charge in [-0.1, -0.05) is 0 Å². The summed E-state index contributed by atoms with van der Waals surface area (Å²) in [5, 5.41) is 0. The van der Waals surface area contributed by atoms with E-state index < -0.39 is 5.97 Å². The van der Waals surface area contributed by atoms with Crippen LogP contribution in [0.3, 0.4) is 0 Å². The van der Waals surface area contributed by atoms with Crippen LogP contribution < -0.4 is 0 Å². The molecule has 15 heavy (non-hydrogen) atoms. The minimum atomic E-state index is -0.548. The highest BCUT2D eigenvalue weighted by atomic mass is 16.5. The number of carbonyl (C=O) groups is 2. The molecule has 0 unspecified atom stereocenters. The number of esters is 1. The first-order chi connectivity index (χ1) is 7.15. The van der Waals surface area contributed by atoms with Crippen molar-refractivity contribution in [1.29, 1.82) is 0 Å². The van der Waals surface area contributed by atoms with E-state index in [0.717, 1.165) is 25.9 Å². The van der Waals surface area contributed by atoms with Gasteiger partial charge in [-0.05, 0) is 26.2 Å². The highest BCUT2D eigenvalue weighted by Crippen LogP contribution is 2.11. The van der Waals surface area contributed by atoms with Crippen LogP contribution in [0.15, 0.2) is 11.8 Å². The molecule has 1 saturated heterocycles. The van der Waals surface area contributed by atoms with Crippen molar-refractivity contribution in [2.24, 2.45) is 0 Å². The lowest BCUT2D eigenvalue weighted by Crippen LogP contribution is -2.27. The van der Waals surface area contributed by atoms with Gasteiger partial charge in [-0.3, -0.25) is 4.79 Å². The van der Waals surface area contributed by atoms with Crippen LogP contribution in [0.5, 0.6) is 0 Å². The van der Waals surface area contributed by atoms with E-state index in [1.165, 1.54) is 20.5 Å². The molecule has 0 N–H and O–H groups in total. The summed E-state index contributed by atoms with van der Waals surface area (Å²) in [5.41, 5.74) is 0.138. The minimum Gasteiger partial charge on any atom is -0.465 e. The highest BCUT2D eigenvalue weighted by molar-refractivity contribution is 6.16. The Labute approximate surface area is 89.9 Å². The molecular formula is C11H17NO3. The van der Waals surface area contributed by atoms with Crippen LogP contribution in [0.2, 0.25) is 0 Å². The predicted molar refractivity (Wildman–Crippen MR) is 56.2 cm³/mol. The van der Waals surface area contributed by atoms with E-state index >= 15 is 0 Å². The smallest absolute Gasteiger partial charge is 0.342 e. The molecule has 84 valence electrons. The molecule has 0 aromatic rings. The number of carbonyl (C=O) groups excluding carboxylic acids is 2. The van der Waals surface area contributed by atoms with Crippen molar-refractivity contribution >= 4 is 11.8 Å². The molecule has 0 aromatic carbocycles. The third kappa shape index (κ3) is 3.38. The summed E-state index contributed by atoms with van der Waals surface area (Å²) in [7, 11) is 1.29. The normalized spacial score (nSPS) is 17.5. The summed E-state index contributed by atoms with van der Waals surface area (Å²) in [4.78, 5) is 24.5. The topological polar surface area (TPSA) is 46.6 Å². The molecule has 4 nitrogen and oxygen atoms in total. The molecule has 0 bridgehead atoms. The first kappa shape index (κ1) is 11.8. The number of ketones is 1. The fourth-order valence-electron chi connectivity index (χ4n) is 1.63. The van der Waals surface area contributed by atoms with Crippen molar-refractivity contribution in [2.45, 2.75) is 26.2 Å². The van der Waals surface area contributed by atoms with Crippen molar-refractivity contribution in [1.82, 2.24) is 4.90 Å². The first-order valence-electron chi connectivity index (χ1n) is 5.20. The van der Waals surface area contributed by atoms with Gasteiger partial charge in [-0.15, -0.1) is 0 Å². The molecule has 0 aromatic heterocycles. The maximum atomic E-state index is 11.3. The zero-order chi connectivity index (χ0) is 11.3. The van der Waals surface area contributed by atoms with E-state index in [4.69, 9.17) is 0 Å². The van der Waals surface area contributed by atoms with Gasteiger partial charge in [-0.2, -0.15) is 0 Å². The van der Waals surface area contributed by atoms with Crippen molar-refractivity contribution < 1.29 is 14.3 Å². The van der Waals surface area contributed by atoms with E-state index in [1.54, 1.807) is 6.20 Å². The summed E-state index contributed by atoms with van der Waals surface area (Å²) < 4.78 is 4.56. The summed E-state index contributed by atoms with van der Waals surface area (Å²) in [6.07, 6.45) is 5.08. The van der Waals surface area contributed by atoms with Gasteiger partial charge in [0.15, 0.2) is 5.78 Å². The molecule has 0 aliphatic carbocycles. The molecule has 1 aliphatic rings. The van der Waals surface area contributed by atoms with E-state index in [0.29, 0.717) is 0 Å². The Morgan fingerprint density at radius 2 is 1.80 bits per heavy atom. The number of hydrogen-bond donors (Lipinski definition) is 0. The van der Waals surface area contributed by atoms with Gasteiger partial charge in [0.05, 0.1) is 7.11 Å². The fraction of sp³-hybridized carbons (Fsp3) is 0.636. The molecule has 0 saturated carbocycles. The Balaban J connectivity index is 2.73. The second kappa shape index (κ2) is 5.53. The lowest BCUT2D eigenvalue weighted by molar-refractivity contribution is -0.137. The second-order valence-electron chi connectivity index (χ2n) is 3.69. The molecule has 0 amide bonds. The van der Waals surface area contributed by atoms with Crippen LogP contribution >= 0.6 is 0 Å².